The highest BCUT2D eigenvalue weighted by Gasteiger charge is 1.99. The van der Waals surface area contributed by atoms with Gasteiger partial charge in [0.2, 0.25) is 0 Å². The smallest absolute Gasteiger partial charge is 0.157 e. The first-order chi connectivity index (χ1) is 6.24. The highest BCUT2D eigenvalue weighted by Crippen LogP contribution is 2.25. The van der Waals surface area contributed by atoms with Crippen molar-refractivity contribution in [2.45, 2.75) is 25.7 Å². The van der Waals surface area contributed by atoms with Crippen LogP contribution in [0, 0.1) is 6.92 Å². The van der Waals surface area contributed by atoms with E-state index in [9.17, 15) is 5.11 Å². The van der Waals surface area contributed by atoms with Gasteiger partial charge in [0, 0.05) is 0 Å². The van der Waals surface area contributed by atoms with Gasteiger partial charge in [-0.15, -0.1) is 0 Å². The summed E-state index contributed by atoms with van der Waals surface area (Å²) in [5.41, 5.74) is 1.06. The molecule has 0 atom stereocenters. The molecule has 0 saturated heterocycles. The van der Waals surface area contributed by atoms with Crippen LogP contribution in [0.5, 0.6) is 11.5 Å². The molecule has 2 heteroatoms. The third-order valence-corrected chi connectivity index (χ3v) is 2.01. The molecule has 0 bridgehead atoms. The summed E-state index contributed by atoms with van der Waals surface area (Å²) in [5.74, 6) is -0.0898. The Kier molecular flexibility index (Phi) is 3.62. The molecule has 0 aliphatic heterocycles. The van der Waals surface area contributed by atoms with E-state index in [1.54, 1.807) is 6.07 Å². The van der Waals surface area contributed by atoms with Crippen LogP contribution in [-0.4, -0.2) is 10.2 Å². The molecule has 71 valence electrons. The minimum atomic E-state index is -0.0547. The zero-order valence-corrected chi connectivity index (χ0v) is 7.66. The third kappa shape index (κ3) is 2.98. The summed E-state index contributed by atoms with van der Waals surface area (Å²) >= 11 is 0. The highest BCUT2D eigenvalue weighted by atomic mass is 16.3. The number of benzene rings is 1. The molecule has 0 spiro atoms. The van der Waals surface area contributed by atoms with Crippen molar-refractivity contribution in [1.29, 1.82) is 0 Å². The van der Waals surface area contributed by atoms with Crippen molar-refractivity contribution in [3.8, 4) is 11.5 Å². The molecule has 0 saturated carbocycles. The molecule has 0 unspecified atom stereocenters. The molecule has 2 N–H and O–H groups in total. The van der Waals surface area contributed by atoms with Crippen LogP contribution in [0.2, 0.25) is 0 Å². The van der Waals surface area contributed by atoms with Crippen molar-refractivity contribution in [1.82, 2.24) is 0 Å². The van der Waals surface area contributed by atoms with Crippen molar-refractivity contribution >= 4 is 0 Å². The minimum absolute atomic E-state index is 0.0351. The summed E-state index contributed by atoms with van der Waals surface area (Å²) in [6.45, 7) is 3.76. The SMILES string of the molecule is [CH2]CCCCc1ccc(O)c(O)c1. The van der Waals surface area contributed by atoms with Gasteiger partial charge >= 0.3 is 0 Å². The van der Waals surface area contributed by atoms with E-state index in [2.05, 4.69) is 6.92 Å². The first kappa shape index (κ1) is 9.90. The first-order valence-electron chi connectivity index (χ1n) is 4.54. The number of phenols is 2. The van der Waals surface area contributed by atoms with E-state index >= 15 is 0 Å². The zero-order chi connectivity index (χ0) is 9.68. The summed E-state index contributed by atoms with van der Waals surface area (Å²) in [6.07, 6.45) is 4.06. The second-order valence-electron chi connectivity index (χ2n) is 3.13. The first-order valence-corrected chi connectivity index (χ1v) is 4.54. The summed E-state index contributed by atoms with van der Waals surface area (Å²) in [5, 5.41) is 18.2. The van der Waals surface area contributed by atoms with E-state index in [0.717, 1.165) is 31.2 Å². The molecule has 0 heterocycles. The quantitative estimate of drug-likeness (QED) is 0.551. The maximum absolute atomic E-state index is 9.19. The van der Waals surface area contributed by atoms with Gasteiger partial charge in [0.15, 0.2) is 11.5 Å². The standard InChI is InChI=1S/C11H15O2/c1-2-3-4-5-9-6-7-10(12)11(13)8-9/h6-8,12-13H,1-5H2. The molecule has 0 aliphatic rings. The van der Waals surface area contributed by atoms with Crippen LogP contribution in [-0.2, 0) is 6.42 Å². The van der Waals surface area contributed by atoms with Gasteiger partial charge in [-0.1, -0.05) is 25.8 Å². The van der Waals surface area contributed by atoms with Gasteiger partial charge in [0.25, 0.3) is 0 Å². The van der Waals surface area contributed by atoms with Gasteiger partial charge in [-0.05, 0) is 30.5 Å². The van der Waals surface area contributed by atoms with Crippen LogP contribution < -0.4 is 0 Å². The van der Waals surface area contributed by atoms with Crippen molar-refractivity contribution in [3.05, 3.63) is 30.7 Å². The third-order valence-electron chi connectivity index (χ3n) is 2.01. The van der Waals surface area contributed by atoms with Crippen LogP contribution in [0.25, 0.3) is 0 Å². The average Bonchev–Trinajstić information content (AvgIpc) is 2.12. The number of unbranched alkanes of at least 4 members (excludes halogenated alkanes) is 2. The fraction of sp³-hybridized carbons (Fsp3) is 0.364. The van der Waals surface area contributed by atoms with Crippen LogP contribution in [0.1, 0.15) is 24.8 Å². The Balaban J connectivity index is 2.53. The molecule has 1 rings (SSSR count). The molecule has 13 heavy (non-hydrogen) atoms. The summed E-state index contributed by atoms with van der Waals surface area (Å²) in [7, 11) is 0. The number of hydrogen-bond donors (Lipinski definition) is 2. The Morgan fingerprint density at radius 3 is 2.46 bits per heavy atom. The van der Waals surface area contributed by atoms with E-state index < -0.39 is 0 Å². The van der Waals surface area contributed by atoms with Gasteiger partial charge in [-0.25, -0.2) is 0 Å². The van der Waals surface area contributed by atoms with Crippen molar-refractivity contribution in [2.24, 2.45) is 0 Å². The predicted octanol–water partition coefficient (Wildman–Crippen LogP) is 2.64. The maximum atomic E-state index is 9.19. The molecule has 1 aromatic rings. The van der Waals surface area contributed by atoms with Gasteiger partial charge in [-0.2, -0.15) is 0 Å². The maximum Gasteiger partial charge on any atom is 0.157 e. The van der Waals surface area contributed by atoms with Gasteiger partial charge < -0.3 is 10.2 Å². The molecule has 0 aromatic heterocycles. The minimum Gasteiger partial charge on any atom is -0.504 e. The molecule has 0 aliphatic carbocycles. The second kappa shape index (κ2) is 4.75. The van der Waals surface area contributed by atoms with Crippen LogP contribution in [0.4, 0.5) is 0 Å². The lowest BCUT2D eigenvalue weighted by atomic mass is 10.1. The highest BCUT2D eigenvalue weighted by molar-refractivity contribution is 5.40. The van der Waals surface area contributed by atoms with Crippen LogP contribution in [0.15, 0.2) is 18.2 Å². The van der Waals surface area contributed by atoms with Gasteiger partial charge in [0.05, 0.1) is 0 Å². The number of phenolic OH excluding ortho intramolecular Hbond substituents is 2. The van der Waals surface area contributed by atoms with Crippen molar-refractivity contribution in [2.75, 3.05) is 0 Å². The Labute approximate surface area is 78.8 Å². The Morgan fingerprint density at radius 2 is 1.85 bits per heavy atom. The van der Waals surface area contributed by atoms with Gasteiger partial charge in [0.1, 0.15) is 0 Å². The lowest BCUT2D eigenvalue weighted by Gasteiger charge is -2.02. The normalized spacial score (nSPS) is 10.2. The fourth-order valence-electron chi connectivity index (χ4n) is 1.23. The second-order valence-corrected chi connectivity index (χ2v) is 3.13. The zero-order valence-electron chi connectivity index (χ0n) is 7.66. The van der Waals surface area contributed by atoms with E-state index in [0.29, 0.717) is 0 Å². The molecule has 1 aromatic carbocycles. The summed E-state index contributed by atoms with van der Waals surface area (Å²) in [6, 6.07) is 4.96. The number of hydrogen-bond acceptors (Lipinski definition) is 2. The topological polar surface area (TPSA) is 40.5 Å². The van der Waals surface area contributed by atoms with E-state index in [1.165, 1.54) is 6.07 Å². The summed E-state index contributed by atoms with van der Waals surface area (Å²) < 4.78 is 0. The lowest BCUT2D eigenvalue weighted by Crippen LogP contribution is -1.84. The van der Waals surface area contributed by atoms with E-state index in [1.807, 2.05) is 6.07 Å². The number of aromatic hydroxyl groups is 2. The Morgan fingerprint density at radius 1 is 1.08 bits per heavy atom. The number of aryl methyl sites for hydroxylation is 1. The summed E-state index contributed by atoms with van der Waals surface area (Å²) in [4.78, 5) is 0. The largest absolute Gasteiger partial charge is 0.504 e. The molecule has 0 amide bonds. The van der Waals surface area contributed by atoms with Crippen molar-refractivity contribution in [3.63, 3.8) is 0 Å². The van der Waals surface area contributed by atoms with Crippen LogP contribution in [0.3, 0.4) is 0 Å². The van der Waals surface area contributed by atoms with Crippen molar-refractivity contribution < 1.29 is 10.2 Å². The monoisotopic (exact) mass is 179 g/mol. The molecular weight excluding hydrogens is 164 g/mol. The predicted molar refractivity (Wildman–Crippen MR) is 52.7 cm³/mol. The Hall–Kier alpha value is -1.18. The number of rotatable bonds is 4. The lowest BCUT2D eigenvalue weighted by molar-refractivity contribution is 0.403. The van der Waals surface area contributed by atoms with E-state index in [-0.39, 0.29) is 11.5 Å². The average molecular weight is 179 g/mol. The van der Waals surface area contributed by atoms with E-state index in [4.69, 9.17) is 5.11 Å². The molecule has 1 radical (unpaired) electrons. The van der Waals surface area contributed by atoms with Gasteiger partial charge in [-0.3, -0.25) is 0 Å². The Bertz CT molecular complexity index is 269. The molecule has 2 nitrogen and oxygen atoms in total. The molecular formula is C11H15O2. The molecule has 0 fully saturated rings. The fourth-order valence-corrected chi connectivity index (χ4v) is 1.23. The van der Waals surface area contributed by atoms with Crippen LogP contribution >= 0.6 is 0 Å².